The molecule has 148 valence electrons. The van der Waals surface area contributed by atoms with Crippen LogP contribution >= 0.6 is 15.9 Å². The molecule has 2 saturated carbocycles. The van der Waals surface area contributed by atoms with Crippen molar-refractivity contribution in [3.8, 4) is 0 Å². The van der Waals surface area contributed by atoms with Crippen LogP contribution in [-0.2, 0) is 14.3 Å². The number of ether oxygens (including phenoxy) is 2. The van der Waals surface area contributed by atoms with Crippen molar-refractivity contribution in [2.75, 3.05) is 20.3 Å². The van der Waals surface area contributed by atoms with Crippen molar-refractivity contribution in [3.63, 3.8) is 0 Å². The lowest BCUT2D eigenvalue weighted by atomic mass is 9.59. The topological polar surface area (TPSA) is 47.6 Å². The molecule has 4 rings (SSSR count). The van der Waals surface area contributed by atoms with Crippen LogP contribution in [0.3, 0.4) is 0 Å². The molecule has 0 unspecified atom stereocenters. The van der Waals surface area contributed by atoms with Crippen LogP contribution in [0.25, 0.3) is 0 Å². The van der Waals surface area contributed by atoms with E-state index in [9.17, 15) is 4.79 Å². The van der Waals surface area contributed by atoms with Gasteiger partial charge in [0.1, 0.15) is 0 Å². The molecule has 2 aliphatic carbocycles. The van der Waals surface area contributed by atoms with E-state index in [1.807, 2.05) is 0 Å². The Kier molecular flexibility index (Phi) is 5.15. The van der Waals surface area contributed by atoms with Gasteiger partial charge in [0.15, 0.2) is 0 Å². The molecule has 1 spiro atoms. The van der Waals surface area contributed by atoms with Crippen LogP contribution in [0, 0.1) is 22.7 Å². The Morgan fingerprint density at radius 1 is 1.41 bits per heavy atom. The van der Waals surface area contributed by atoms with Gasteiger partial charge in [-0.05, 0) is 59.6 Å². The number of methoxy groups -OCH3 is 1. The van der Waals surface area contributed by atoms with E-state index in [1.54, 1.807) is 7.11 Å². The highest BCUT2D eigenvalue weighted by Gasteiger charge is 2.68. The number of carbonyl (C=O) groups excluding carboxylic acids is 1. The summed E-state index contributed by atoms with van der Waals surface area (Å²) in [7, 11) is 1.64. The lowest BCUT2D eigenvalue weighted by Crippen LogP contribution is -2.59. The van der Waals surface area contributed by atoms with Crippen LogP contribution < -0.4 is 5.32 Å². The van der Waals surface area contributed by atoms with E-state index in [0.29, 0.717) is 24.9 Å². The Hall–Kier alpha value is -0.910. The van der Waals surface area contributed by atoms with Crippen molar-refractivity contribution in [2.45, 2.75) is 51.7 Å². The van der Waals surface area contributed by atoms with Crippen LogP contribution in [-0.4, -0.2) is 32.3 Å². The second kappa shape index (κ2) is 7.16. The fourth-order valence-corrected chi connectivity index (χ4v) is 6.65. The highest BCUT2D eigenvalue weighted by molar-refractivity contribution is 9.10. The van der Waals surface area contributed by atoms with Gasteiger partial charge < -0.3 is 14.8 Å². The van der Waals surface area contributed by atoms with E-state index in [1.165, 1.54) is 18.4 Å². The Balaban J connectivity index is 1.63. The quantitative estimate of drug-likeness (QED) is 0.740. The van der Waals surface area contributed by atoms with E-state index in [-0.39, 0.29) is 28.9 Å². The summed E-state index contributed by atoms with van der Waals surface area (Å²) < 4.78 is 12.5. The first kappa shape index (κ1) is 19.4. The smallest absolute Gasteiger partial charge is 0.222 e. The zero-order chi connectivity index (χ0) is 19.2. The molecule has 0 aromatic heterocycles. The molecule has 27 heavy (non-hydrogen) atoms. The number of rotatable bonds is 5. The van der Waals surface area contributed by atoms with Crippen LogP contribution in [0.5, 0.6) is 0 Å². The molecule has 0 radical (unpaired) electrons. The largest absolute Gasteiger partial charge is 0.384 e. The summed E-state index contributed by atoms with van der Waals surface area (Å²) in [6.07, 6.45) is 3.98. The molecule has 1 aliphatic heterocycles. The predicted molar refractivity (Wildman–Crippen MR) is 108 cm³/mol. The summed E-state index contributed by atoms with van der Waals surface area (Å²) in [6, 6.07) is 8.72. The number of amides is 1. The third-order valence-corrected chi connectivity index (χ3v) is 8.01. The fourth-order valence-electron chi connectivity index (χ4n) is 6.23. The summed E-state index contributed by atoms with van der Waals surface area (Å²) in [5.74, 6) is 1.21. The number of nitrogens with one attached hydrogen (secondary N) is 1. The molecule has 3 aliphatic rings. The van der Waals surface area contributed by atoms with E-state index in [4.69, 9.17) is 9.47 Å². The van der Waals surface area contributed by atoms with Gasteiger partial charge in [-0.15, -0.1) is 0 Å². The zero-order valence-electron chi connectivity index (χ0n) is 16.5. The molecule has 3 fully saturated rings. The van der Waals surface area contributed by atoms with Gasteiger partial charge in [0, 0.05) is 30.7 Å². The number of carbonyl (C=O) groups is 1. The monoisotopic (exact) mass is 435 g/mol. The van der Waals surface area contributed by atoms with Crippen molar-refractivity contribution in [2.24, 2.45) is 22.7 Å². The van der Waals surface area contributed by atoms with Gasteiger partial charge in [-0.2, -0.15) is 0 Å². The lowest BCUT2D eigenvalue weighted by Gasteiger charge is -2.53. The maximum atomic E-state index is 12.6. The molecule has 1 saturated heterocycles. The van der Waals surface area contributed by atoms with Gasteiger partial charge in [0.2, 0.25) is 5.91 Å². The van der Waals surface area contributed by atoms with Crippen molar-refractivity contribution >= 4 is 21.8 Å². The number of benzene rings is 1. The van der Waals surface area contributed by atoms with Crippen LogP contribution in [0.2, 0.25) is 0 Å². The normalized spacial score (nSPS) is 36.4. The molecule has 1 aromatic rings. The Morgan fingerprint density at radius 3 is 2.96 bits per heavy atom. The molecule has 1 heterocycles. The summed E-state index contributed by atoms with van der Waals surface area (Å²) >= 11 is 3.60. The van der Waals surface area contributed by atoms with Gasteiger partial charge in [0.25, 0.3) is 0 Å². The Bertz CT molecular complexity index is 721. The summed E-state index contributed by atoms with van der Waals surface area (Å²) in [6.45, 7) is 5.92. The minimum Gasteiger partial charge on any atom is -0.384 e. The lowest BCUT2D eigenvalue weighted by molar-refractivity contribution is -0.137. The minimum absolute atomic E-state index is 0.112. The minimum atomic E-state index is 0.112. The van der Waals surface area contributed by atoms with Crippen molar-refractivity contribution in [3.05, 3.63) is 34.3 Å². The van der Waals surface area contributed by atoms with E-state index < -0.39 is 0 Å². The van der Waals surface area contributed by atoms with Gasteiger partial charge in [-0.3, -0.25) is 4.79 Å². The molecule has 4 nitrogen and oxygen atoms in total. The third kappa shape index (κ3) is 3.16. The van der Waals surface area contributed by atoms with Crippen molar-refractivity contribution in [1.29, 1.82) is 0 Å². The molecular formula is C22H30BrNO3. The summed E-state index contributed by atoms with van der Waals surface area (Å²) in [4.78, 5) is 12.6. The first-order chi connectivity index (χ1) is 12.9. The second-order valence-corrected chi connectivity index (χ2v) is 10.1. The molecule has 5 atom stereocenters. The van der Waals surface area contributed by atoms with E-state index in [0.717, 1.165) is 17.5 Å². The molecule has 1 aromatic carbocycles. The highest BCUT2D eigenvalue weighted by atomic mass is 79.9. The number of fused-ring (bicyclic) bond motifs is 1. The highest BCUT2D eigenvalue weighted by Crippen LogP contribution is 2.70. The van der Waals surface area contributed by atoms with Crippen molar-refractivity contribution < 1.29 is 14.3 Å². The Labute approximate surface area is 170 Å². The molecular weight excluding hydrogens is 406 g/mol. The number of hydrogen-bond donors (Lipinski definition) is 1. The molecule has 5 heteroatoms. The average Bonchev–Trinajstić information content (AvgIpc) is 3.12. The second-order valence-electron chi connectivity index (χ2n) is 9.14. The van der Waals surface area contributed by atoms with Crippen LogP contribution in [0.15, 0.2) is 28.7 Å². The summed E-state index contributed by atoms with van der Waals surface area (Å²) in [5.41, 5.74) is 1.52. The molecule has 2 bridgehead atoms. The third-order valence-electron chi connectivity index (χ3n) is 7.52. The maximum absolute atomic E-state index is 12.6. The van der Waals surface area contributed by atoms with Crippen LogP contribution in [0.1, 0.15) is 51.2 Å². The number of hydrogen-bond acceptors (Lipinski definition) is 3. The first-order valence-electron chi connectivity index (χ1n) is 10.0. The SMILES string of the molecule is COCCC(=O)N[C@@H]1C(C)(C)[C@@H]2C[C@@H]3[C@@H](c4cccc(Br)c4)OCC[C@@]31C2. The summed E-state index contributed by atoms with van der Waals surface area (Å²) in [5, 5.41) is 3.42. The van der Waals surface area contributed by atoms with Gasteiger partial charge in [-0.25, -0.2) is 0 Å². The zero-order valence-corrected chi connectivity index (χ0v) is 18.1. The first-order valence-corrected chi connectivity index (χ1v) is 10.8. The maximum Gasteiger partial charge on any atom is 0.222 e. The average molecular weight is 436 g/mol. The standard InChI is InChI=1S/C22H30BrNO3/c1-21(2)15-12-17-19(14-5-4-6-16(23)11-14)27-10-8-22(17,13-15)20(21)24-18(25)7-9-26-3/h4-6,11,15,17,19-20H,7-10,12-13H2,1-3H3,(H,24,25)/t15-,17-,19-,20-,22-/m1/s1. The predicted octanol–water partition coefficient (Wildman–Crippen LogP) is 4.48. The van der Waals surface area contributed by atoms with E-state index in [2.05, 4.69) is 59.4 Å². The molecule has 1 N–H and O–H groups in total. The van der Waals surface area contributed by atoms with Gasteiger partial charge in [0.05, 0.1) is 12.7 Å². The van der Waals surface area contributed by atoms with Gasteiger partial charge >= 0.3 is 0 Å². The number of halogens is 1. The fraction of sp³-hybridized carbons (Fsp3) is 0.682. The van der Waals surface area contributed by atoms with Crippen LogP contribution in [0.4, 0.5) is 0 Å². The van der Waals surface area contributed by atoms with Crippen molar-refractivity contribution in [1.82, 2.24) is 5.32 Å². The van der Waals surface area contributed by atoms with Gasteiger partial charge in [-0.1, -0.05) is 41.9 Å². The molecule has 1 amide bonds. The Morgan fingerprint density at radius 2 is 2.22 bits per heavy atom. The van der Waals surface area contributed by atoms with E-state index >= 15 is 0 Å².